The Morgan fingerprint density at radius 2 is 1.61 bits per heavy atom. The standard InChI is InChI=1S/C17H16ClFN2O2/c18-14-7-5-12(6-8-14)9-10-20-16(22)17(23)21-11-13-3-1-2-4-15(13)19/h1-8H,9-11H2,(H,20,22)(H,21,23). The fourth-order valence-corrected chi connectivity index (χ4v) is 2.08. The van der Waals surface area contributed by atoms with Crippen LogP contribution in [-0.4, -0.2) is 18.4 Å². The Hall–Kier alpha value is -2.40. The third-order valence-electron chi connectivity index (χ3n) is 3.22. The van der Waals surface area contributed by atoms with Gasteiger partial charge >= 0.3 is 11.8 Å². The summed E-state index contributed by atoms with van der Waals surface area (Å²) in [5, 5.41) is 5.55. The van der Waals surface area contributed by atoms with E-state index in [1.54, 1.807) is 30.3 Å². The molecular formula is C17H16ClFN2O2. The molecular weight excluding hydrogens is 319 g/mol. The van der Waals surface area contributed by atoms with E-state index in [9.17, 15) is 14.0 Å². The van der Waals surface area contributed by atoms with Gasteiger partial charge in [-0.25, -0.2) is 4.39 Å². The number of hydrogen-bond acceptors (Lipinski definition) is 2. The van der Waals surface area contributed by atoms with Crippen LogP contribution in [0.3, 0.4) is 0 Å². The highest BCUT2D eigenvalue weighted by Gasteiger charge is 2.13. The Kier molecular flexibility index (Phi) is 6.11. The Bertz CT molecular complexity index is 689. The normalized spacial score (nSPS) is 10.2. The molecule has 0 aromatic heterocycles. The summed E-state index contributed by atoms with van der Waals surface area (Å²) in [5.74, 6) is -1.95. The molecule has 0 bridgehead atoms. The van der Waals surface area contributed by atoms with Gasteiger partial charge in [-0.1, -0.05) is 41.9 Å². The van der Waals surface area contributed by atoms with Gasteiger partial charge in [0.1, 0.15) is 5.82 Å². The van der Waals surface area contributed by atoms with Gasteiger partial charge in [0, 0.05) is 23.7 Å². The topological polar surface area (TPSA) is 58.2 Å². The SMILES string of the molecule is O=C(NCCc1ccc(Cl)cc1)C(=O)NCc1ccccc1F. The van der Waals surface area contributed by atoms with Gasteiger partial charge in [-0.05, 0) is 30.2 Å². The number of amides is 2. The Morgan fingerprint density at radius 3 is 2.30 bits per heavy atom. The number of benzene rings is 2. The van der Waals surface area contributed by atoms with Gasteiger partial charge in [-0.15, -0.1) is 0 Å². The second-order valence-corrected chi connectivity index (χ2v) is 5.34. The van der Waals surface area contributed by atoms with Crippen molar-refractivity contribution in [2.45, 2.75) is 13.0 Å². The van der Waals surface area contributed by atoms with Crippen molar-refractivity contribution < 1.29 is 14.0 Å². The molecule has 120 valence electrons. The van der Waals surface area contributed by atoms with Crippen LogP contribution in [0.15, 0.2) is 48.5 Å². The van der Waals surface area contributed by atoms with Crippen LogP contribution in [-0.2, 0) is 22.6 Å². The smallest absolute Gasteiger partial charge is 0.309 e. The van der Waals surface area contributed by atoms with Gasteiger partial charge in [-0.3, -0.25) is 9.59 Å². The Labute approximate surface area is 138 Å². The van der Waals surface area contributed by atoms with E-state index in [1.165, 1.54) is 6.07 Å². The van der Waals surface area contributed by atoms with Gasteiger partial charge in [0.05, 0.1) is 0 Å². The number of carbonyl (C=O) groups excluding carboxylic acids is 2. The maximum atomic E-state index is 13.4. The molecule has 0 saturated carbocycles. The lowest BCUT2D eigenvalue weighted by molar-refractivity contribution is -0.139. The van der Waals surface area contributed by atoms with Crippen LogP contribution in [0, 0.1) is 5.82 Å². The zero-order chi connectivity index (χ0) is 16.7. The summed E-state index contributed by atoms with van der Waals surface area (Å²) in [7, 11) is 0. The molecule has 0 heterocycles. The van der Waals surface area contributed by atoms with Crippen LogP contribution < -0.4 is 10.6 Å². The van der Waals surface area contributed by atoms with Crippen molar-refractivity contribution in [1.29, 1.82) is 0 Å². The van der Waals surface area contributed by atoms with Crippen molar-refractivity contribution in [1.82, 2.24) is 10.6 Å². The highest BCUT2D eigenvalue weighted by atomic mass is 35.5. The van der Waals surface area contributed by atoms with Gasteiger partial charge in [0.25, 0.3) is 0 Å². The van der Waals surface area contributed by atoms with Gasteiger partial charge in [-0.2, -0.15) is 0 Å². The first-order valence-corrected chi connectivity index (χ1v) is 7.48. The number of carbonyl (C=O) groups is 2. The van der Waals surface area contributed by atoms with E-state index < -0.39 is 17.6 Å². The van der Waals surface area contributed by atoms with E-state index >= 15 is 0 Å². The first kappa shape index (κ1) is 17.0. The molecule has 2 N–H and O–H groups in total. The quantitative estimate of drug-likeness (QED) is 0.825. The van der Waals surface area contributed by atoms with Crippen molar-refractivity contribution in [2.75, 3.05) is 6.54 Å². The molecule has 0 fully saturated rings. The largest absolute Gasteiger partial charge is 0.348 e. The molecule has 0 unspecified atom stereocenters. The number of halogens is 2. The number of hydrogen-bond donors (Lipinski definition) is 2. The van der Waals surface area contributed by atoms with Crippen LogP contribution in [0.25, 0.3) is 0 Å². The Balaban J connectivity index is 1.73. The fourth-order valence-electron chi connectivity index (χ4n) is 1.95. The highest BCUT2D eigenvalue weighted by molar-refractivity contribution is 6.35. The third-order valence-corrected chi connectivity index (χ3v) is 3.47. The molecule has 0 saturated heterocycles. The molecule has 4 nitrogen and oxygen atoms in total. The minimum Gasteiger partial charge on any atom is -0.348 e. The maximum absolute atomic E-state index is 13.4. The summed E-state index contributed by atoms with van der Waals surface area (Å²) in [4.78, 5) is 23.3. The maximum Gasteiger partial charge on any atom is 0.309 e. The van der Waals surface area contributed by atoms with E-state index in [0.29, 0.717) is 23.6 Å². The van der Waals surface area contributed by atoms with Crippen molar-refractivity contribution in [3.8, 4) is 0 Å². The van der Waals surface area contributed by atoms with E-state index in [2.05, 4.69) is 10.6 Å². The second kappa shape index (κ2) is 8.29. The lowest BCUT2D eigenvalue weighted by Crippen LogP contribution is -2.40. The summed E-state index contributed by atoms with van der Waals surface area (Å²) in [6, 6.07) is 13.3. The first-order chi connectivity index (χ1) is 11.1. The highest BCUT2D eigenvalue weighted by Crippen LogP contribution is 2.09. The van der Waals surface area contributed by atoms with Crippen LogP contribution in [0.4, 0.5) is 4.39 Å². The zero-order valence-electron chi connectivity index (χ0n) is 12.3. The average Bonchev–Trinajstić information content (AvgIpc) is 2.55. The van der Waals surface area contributed by atoms with Crippen LogP contribution in [0.5, 0.6) is 0 Å². The van der Waals surface area contributed by atoms with E-state index in [0.717, 1.165) is 5.56 Å². The monoisotopic (exact) mass is 334 g/mol. The van der Waals surface area contributed by atoms with Crippen molar-refractivity contribution in [3.63, 3.8) is 0 Å². The Morgan fingerprint density at radius 1 is 0.957 bits per heavy atom. The second-order valence-electron chi connectivity index (χ2n) is 4.91. The number of rotatable bonds is 5. The summed E-state index contributed by atoms with van der Waals surface area (Å²) in [5.41, 5.74) is 1.33. The van der Waals surface area contributed by atoms with E-state index in [1.807, 2.05) is 12.1 Å². The molecule has 0 radical (unpaired) electrons. The van der Waals surface area contributed by atoms with Crippen LogP contribution in [0.2, 0.25) is 5.02 Å². The van der Waals surface area contributed by atoms with Crippen molar-refractivity contribution in [3.05, 3.63) is 70.5 Å². The van der Waals surface area contributed by atoms with Gasteiger partial charge in [0.2, 0.25) is 0 Å². The molecule has 0 aliphatic carbocycles. The van der Waals surface area contributed by atoms with Gasteiger partial charge < -0.3 is 10.6 Å². The molecule has 2 aromatic carbocycles. The minimum atomic E-state index is -0.788. The first-order valence-electron chi connectivity index (χ1n) is 7.10. The summed E-state index contributed by atoms with van der Waals surface area (Å²) in [6.07, 6.45) is 0.587. The van der Waals surface area contributed by atoms with Crippen LogP contribution in [0.1, 0.15) is 11.1 Å². The number of nitrogens with one attached hydrogen (secondary N) is 2. The van der Waals surface area contributed by atoms with E-state index in [4.69, 9.17) is 11.6 Å². The molecule has 6 heteroatoms. The molecule has 2 rings (SSSR count). The third kappa shape index (κ3) is 5.38. The predicted molar refractivity (Wildman–Crippen MR) is 86.4 cm³/mol. The minimum absolute atomic E-state index is 0.0316. The molecule has 2 amide bonds. The van der Waals surface area contributed by atoms with Crippen molar-refractivity contribution >= 4 is 23.4 Å². The van der Waals surface area contributed by atoms with E-state index in [-0.39, 0.29) is 6.54 Å². The molecule has 2 aromatic rings. The zero-order valence-corrected chi connectivity index (χ0v) is 13.1. The average molecular weight is 335 g/mol. The summed E-state index contributed by atoms with van der Waals surface area (Å²) < 4.78 is 13.4. The molecule has 0 aliphatic rings. The molecule has 0 atom stereocenters. The van der Waals surface area contributed by atoms with Gasteiger partial charge in [0.15, 0.2) is 0 Å². The van der Waals surface area contributed by atoms with Crippen molar-refractivity contribution in [2.24, 2.45) is 0 Å². The molecule has 23 heavy (non-hydrogen) atoms. The molecule has 0 aliphatic heterocycles. The summed E-state index contributed by atoms with van der Waals surface area (Å²) in [6.45, 7) is 0.295. The predicted octanol–water partition coefficient (Wildman–Crippen LogP) is 2.45. The summed E-state index contributed by atoms with van der Waals surface area (Å²) >= 11 is 5.78. The lowest BCUT2D eigenvalue weighted by Gasteiger charge is -2.07. The lowest BCUT2D eigenvalue weighted by atomic mass is 10.1. The van der Waals surface area contributed by atoms with Crippen LogP contribution >= 0.6 is 11.6 Å². The fraction of sp³-hybridized carbons (Fsp3) is 0.176. The molecule has 0 spiro atoms.